The second kappa shape index (κ2) is 7.57. The predicted octanol–water partition coefficient (Wildman–Crippen LogP) is 3.40. The van der Waals surface area contributed by atoms with E-state index in [2.05, 4.69) is 32.9 Å². The van der Waals surface area contributed by atoms with Crippen molar-refractivity contribution in [2.24, 2.45) is 5.73 Å². The lowest BCUT2D eigenvalue weighted by atomic mass is 10.0. The summed E-state index contributed by atoms with van der Waals surface area (Å²) in [4.78, 5) is 0. The molecule has 0 fully saturated rings. The zero-order valence-electron chi connectivity index (χ0n) is 11.2. The van der Waals surface area contributed by atoms with Gasteiger partial charge in [-0.25, -0.2) is 0 Å². The first-order valence-corrected chi connectivity index (χ1v) is 6.03. The van der Waals surface area contributed by atoms with Crippen LogP contribution in [0.5, 0.6) is 5.75 Å². The van der Waals surface area contributed by atoms with E-state index in [1.807, 2.05) is 6.92 Å². The normalized spacial score (nSPS) is 11.8. The summed E-state index contributed by atoms with van der Waals surface area (Å²) in [5.74, 6) is 1.04. The molecular weight excluding hydrogens is 234 g/mol. The van der Waals surface area contributed by atoms with Gasteiger partial charge in [0.2, 0.25) is 0 Å². The molecule has 0 saturated heterocycles. The molecule has 1 unspecified atom stereocenters. The van der Waals surface area contributed by atoms with Crippen LogP contribution in [0.2, 0.25) is 0 Å². The molecule has 0 aliphatic carbocycles. The minimum absolute atomic E-state index is 0. The van der Waals surface area contributed by atoms with Gasteiger partial charge in [0.15, 0.2) is 0 Å². The summed E-state index contributed by atoms with van der Waals surface area (Å²) in [7, 11) is 0. The van der Waals surface area contributed by atoms with Crippen molar-refractivity contribution in [3.05, 3.63) is 28.8 Å². The summed E-state index contributed by atoms with van der Waals surface area (Å²) < 4.78 is 5.75. The topological polar surface area (TPSA) is 35.2 Å². The quantitative estimate of drug-likeness (QED) is 0.878. The van der Waals surface area contributed by atoms with Crippen LogP contribution in [0.4, 0.5) is 0 Å². The monoisotopic (exact) mass is 257 g/mol. The summed E-state index contributed by atoms with van der Waals surface area (Å²) in [6, 6.07) is 4.57. The van der Waals surface area contributed by atoms with Gasteiger partial charge in [0.1, 0.15) is 5.75 Å². The van der Waals surface area contributed by atoms with Gasteiger partial charge in [-0.05, 0) is 50.3 Å². The Bertz CT molecular complexity index is 327. The van der Waals surface area contributed by atoms with E-state index in [4.69, 9.17) is 10.5 Å². The number of ether oxygens (including phenoxy) is 1. The van der Waals surface area contributed by atoms with Gasteiger partial charge >= 0.3 is 0 Å². The van der Waals surface area contributed by atoms with Crippen molar-refractivity contribution < 1.29 is 4.74 Å². The average Bonchev–Trinajstić information content (AvgIpc) is 2.15. The zero-order chi connectivity index (χ0) is 12.1. The molecule has 0 spiro atoms. The van der Waals surface area contributed by atoms with E-state index < -0.39 is 0 Å². The first kappa shape index (κ1) is 16.3. The van der Waals surface area contributed by atoms with E-state index in [1.165, 1.54) is 16.7 Å². The highest BCUT2D eigenvalue weighted by Gasteiger charge is 2.07. The molecule has 0 amide bonds. The maximum absolute atomic E-state index is 5.81. The number of benzene rings is 1. The Morgan fingerprint density at radius 2 is 1.76 bits per heavy atom. The van der Waals surface area contributed by atoms with Crippen LogP contribution in [-0.2, 0) is 6.42 Å². The molecule has 0 aliphatic rings. The first-order valence-electron chi connectivity index (χ1n) is 6.03. The highest BCUT2D eigenvalue weighted by Crippen LogP contribution is 2.25. The number of nitrogens with two attached hydrogens (primary N) is 1. The molecule has 0 aromatic heterocycles. The third-order valence-corrected chi connectivity index (χ3v) is 2.53. The maximum atomic E-state index is 5.81. The van der Waals surface area contributed by atoms with E-state index in [9.17, 15) is 0 Å². The molecule has 98 valence electrons. The van der Waals surface area contributed by atoms with E-state index >= 15 is 0 Å². The van der Waals surface area contributed by atoms with Crippen LogP contribution in [0, 0.1) is 13.8 Å². The molecule has 2 nitrogen and oxygen atoms in total. The molecule has 1 aromatic carbocycles. The maximum Gasteiger partial charge on any atom is 0.125 e. The van der Waals surface area contributed by atoms with Crippen LogP contribution < -0.4 is 10.5 Å². The van der Waals surface area contributed by atoms with E-state index in [0.29, 0.717) is 0 Å². The Labute approximate surface area is 111 Å². The van der Waals surface area contributed by atoms with Crippen molar-refractivity contribution in [1.82, 2.24) is 0 Å². The SMILES string of the molecule is CCCOc1c(C)cc(CC(C)N)cc1C.Cl. The molecular formula is C14H24ClNO. The van der Waals surface area contributed by atoms with Crippen LogP contribution in [0.15, 0.2) is 12.1 Å². The van der Waals surface area contributed by atoms with Gasteiger partial charge in [0.05, 0.1) is 6.61 Å². The molecule has 1 atom stereocenters. The third kappa shape index (κ3) is 4.97. The zero-order valence-corrected chi connectivity index (χ0v) is 12.1. The van der Waals surface area contributed by atoms with Crippen LogP contribution >= 0.6 is 12.4 Å². The summed E-state index contributed by atoms with van der Waals surface area (Å²) >= 11 is 0. The summed E-state index contributed by atoms with van der Waals surface area (Å²) in [6.45, 7) is 9.14. The van der Waals surface area contributed by atoms with Crippen LogP contribution in [0.1, 0.15) is 37.0 Å². The standard InChI is InChI=1S/C14H23NO.ClH/c1-5-6-16-14-10(2)7-13(8-11(14)3)9-12(4)15;/h7-8,12H,5-6,9,15H2,1-4H3;1H. The molecule has 3 heteroatoms. The number of rotatable bonds is 5. The first-order chi connectivity index (χ1) is 7.54. The molecule has 0 bridgehead atoms. The van der Waals surface area contributed by atoms with Crippen LogP contribution in [0.25, 0.3) is 0 Å². The Morgan fingerprint density at radius 3 is 2.18 bits per heavy atom. The summed E-state index contributed by atoms with van der Waals surface area (Å²) in [5, 5.41) is 0. The number of aryl methyl sites for hydroxylation is 2. The van der Waals surface area contributed by atoms with E-state index in [0.717, 1.165) is 25.2 Å². The smallest absolute Gasteiger partial charge is 0.125 e. The largest absolute Gasteiger partial charge is 0.493 e. The van der Waals surface area contributed by atoms with E-state index in [1.54, 1.807) is 0 Å². The van der Waals surface area contributed by atoms with Gasteiger partial charge in [0.25, 0.3) is 0 Å². The number of hydrogen-bond donors (Lipinski definition) is 1. The Hall–Kier alpha value is -0.730. The Balaban J connectivity index is 0.00000256. The lowest BCUT2D eigenvalue weighted by molar-refractivity contribution is 0.313. The minimum Gasteiger partial charge on any atom is -0.493 e. The van der Waals surface area contributed by atoms with Crippen LogP contribution in [0.3, 0.4) is 0 Å². The lowest BCUT2D eigenvalue weighted by Crippen LogP contribution is -2.18. The molecule has 1 rings (SSSR count). The van der Waals surface area contributed by atoms with Crippen molar-refractivity contribution >= 4 is 12.4 Å². The van der Waals surface area contributed by atoms with Crippen molar-refractivity contribution in [3.8, 4) is 5.75 Å². The molecule has 2 N–H and O–H groups in total. The third-order valence-electron chi connectivity index (χ3n) is 2.53. The molecule has 0 radical (unpaired) electrons. The highest BCUT2D eigenvalue weighted by atomic mass is 35.5. The molecule has 0 saturated carbocycles. The van der Waals surface area contributed by atoms with Gasteiger partial charge in [-0.1, -0.05) is 19.1 Å². The Kier molecular flexibility index (Phi) is 7.24. The minimum atomic E-state index is 0. The number of hydrogen-bond acceptors (Lipinski definition) is 2. The van der Waals surface area contributed by atoms with Gasteiger partial charge in [0, 0.05) is 6.04 Å². The van der Waals surface area contributed by atoms with Crippen molar-refractivity contribution in [2.75, 3.05) is 6.61 Å². The summed E-state index contributed by atoms with van der Waals surface area (Å²) in [5.41, 5.74) is 9.54. The van der Waals surface area contributed by atoms with Crippen LogP contribution in [-0.4, -0.2) is 12.6 Å². The molecule has 0 heterocycles. The van der Waals surface area contributed by atoms with Gasteiger partial charge in [-0.15, -0.1) is 12.4 Å². The molecule has 1 aromatic rings. The fraction of sp³-hybridized carbons (Fsp3) is 0.571. The predicted molar refractivity (Wildman–Crippen MR) is 76.3 cm³/mol. The van der Waals surface area contributed by atoms with Gasteiger partial charge in [-0.2, -0.15) is 0 Å². The Morgan fingerprint density at radius 1 is 1.24 bits per heavy atom. The van der Waals surface area contributed by atoms with Crippen molar-refractivity contribution in [3.63, 3.8) is 0 Å². The highest BCUT2D eigenvalue weighted by molar-refractivity contribution is 5.85. The van der Waals surface area contributed by atoms with E-state index in [-0.39, 0.29) is 18.4 Å². The fourth-order valence-electron chi connectivity index (χ4n) is 1.96. The summed E-state index contributed by atoms with van der Waals surface area (Å²) in [6.07, 6.45) is 1.97. The molecule has 17 heavy (non-hydrogen) atoms. The van der Waals surface area contributed by atoms with Crippen molar-refractivity contribution in [2.45, 2.75) is 46.6 Å². The second-order valence-electron chi connectivity index (χ2n) is 4.59. The van der Waals surface area contributed by atoms with Crippen molar-refractivity contribution in [1.29, 1.82) is 0 Å². The van der Waals surface area contributed by atoms with Gasteiger partial charge < -0.3 is 10.5 Å². The lowest BCUT2D eigenvalue weighted by Gasteiger charge is -2.14. The molecule has 0 aliphatic heterocycles. The number of halogens is 1. The average molecular weight is 258 g/mol. The fourth-order valence-corrected chi connectivity index (χ4v) is 1.96. The van der Waals surface area contributed by atoms with Gasteiger partial charge in [-0.3, -0.25) is 0 Å². The second-order valence-corrected chi connectivity index (χ2v) is 4.59.